The summed E-state index contributed by atoms with van der Waals surface area (Å²) in [6.45, 7) is 2.66. The van der Waals surface area contributed by atoms with Crippen LogP contribution in [0.4, 0.5) is 0 Å². The first-order valence-corrected chi connectivity index (χ1v) is 11.5. The molecular formula is C23H27N3O3S. The van der Waals surface area contributed by atoms with Crippen molar-refractivity contribution in [1.29, 1.82) is 0 Å². The quantitative estimate of drug-likeness (QED) is 0.799. The Bertz CT molecular complexity index is 889. The van der Waals surface area contributed by atoms with Gasteiger partial charge < -0.3 is 15.1 Å². The molecule has 158 valence electrons. The molecule has 7 heteroatoms. The summed E-state index contributed by atoms with van der Waals surface area (Å²) in [5.74, 6) is -0.104. The Morgan fingerprint density at radius 2 is 1.70 bits per heavy atom. The summed E-state index contributed by atoms with van der Waals surface area (Å²) in [6, 6.07) is 10.7. The fraction of sp³-hybridized carbons (Fsp3) is 0.435. The minimum atomic E-state index is -0.417. The van der Waals surface area contributed by atoms with Crippen LogP contribution in [0.3, 0.4) is 0 Å². The SMILES string of the molecule is O=C(NCc1ccc(C(=O)N2CCCCC2)cc1)[C@@H]1CCCN1C(=O)c1cccs1. The number of carbonyl (C=O) groups excluding carboxylic acids is 3. The smallest absolute Gasteiger partial charge is 0.264 e. The van der Waals surface area contributed by atoms with Crippen LogP contribution in [0.25, 0.3) is 0 Å². The second kappa shape index (κ2) is 9.43. The molecule has 1 atom stereocenters. The van der Waals surface area contributed by atoms with E-state index in [1.165, 1.54) is 17.8 Å². The fourth-order valence-corrected chi connectivity index (χ4v) is 4.85. The van der Waals surface area contributed by atoms with E-state index in [9.17, 15) is 14.4 Å². The van der Waals surface area contributed by atoms with Crippen molar-refractivity contribution in [2.24, 2.45) is 0 Å². The van der Waals surface area contributed by atoms with Crippen LogP contribution in [0.15, 0.2) is 41.8 Å². The molecule has 1 N–H and O–H groups in total. The zero-order valence-electron chi connectivity index (χ0n) is 17.0. The van der Waals surface area contributed by atoms with Crippen LogP contribution in [-0.2, 0) is 11.3 Å². The molecule has 2 saturated heterocycles. The normalized spacial score (nSPS) is 19.0. The van der Waals surface area contributed by atoms with Gasteiger partial charge in [0.15, 0.2) is 0 Å². The molecule has 0 bridgehead atoms. The summed E-state index contributed by atoms with van der Waals surface area (Å²) in [7, 11) is 0. The van der Waals surface area contributed by atoms with Crippen LogP contribution in [-0.4, -0.2) is 53.2 Å². The van der Waals surface area contributed by atoms with Crippen LogP contribution in [0, 0.1) is 0 Å². The van der Waals surface area contributed by atoms with E-state index in [4.69, 9.17) is 0 Å². The number of amides is 3. The summed E-state index contributed by atoms with van der Waals surface area (Å²) in [5, 5.41) is 4.83. The molecule has 4 rings (SSSR count). The van der Waals surface area contributed by atoms with Crippen LogP contribution >= 0.6 is 11.3 Å². The molecule has 2 fully saturated rings. The highest BCUT2D eigenvalue weighted by molar-refractivity contribution is 7.12. The maximum atomic E-state index is 12.7. The lowest BCUT2D eigenvalue weighted by molar-refractivity contribution is -0.125. The van der Waals surface area contributed by atoms with Crippen molar-refractivity contribution in [2.45, 2.75) is 44.7 Å². The summed E-state index contributed by atoms with van der Waals surface area (Å²) in [4.78, 5) is 42.2. The van der Waals surface area contributed by atoms with Gasteiger partial charge in [-0.15, -0.1) is 11.3 Å². The van der Waals surface area contributed by atoms with Crippen LogP contribution < -0.4 is 5.32 Å². The Kier molecular flexibility index (Phi) is 6.47. The summed E-state index contributed by atoms with van der Waals surface area (Å²) in [6.07, 6.45) is 4.86. The van der Waals surface area contributed by atoms with Crippen molar-refractivity contribution in [3.63, 3.8) is 0 Å². The van der Waals surface area contributed by atoms with E-state index >= 15 is 0 Å². The topological polar surface area (TPSA) is 69.7 Å². The van der Waals surface area contributed by atoms with Crippen LogP contribution in [0.1, 0.15) is 57.7 Å². The lowest BCUT2D eigenvalue weighted by atomic mass is 10.1. The van der Waals surface area contributed by atoms with Crippen molar-refractivity contribution in [1.82, 2.24) is 15.1 Å². The van der Waals surface area contributed by atoms with E-state index < -0.39 is 6.04 Å². The van der Waals surface area contributed by atoms with Crippen molar-refractivity contribution in [2.75, 3.05) is 19.6 Å². The molecule has 2 aliphatic heterocycles. The summed E-state index contributed by atoms with van der Waals surface area (Å²) in [5.41, 5.74) is 1.63. The Labute approximate surface area is 180 Å². The van der Waals surface area contributed by atoms with Gasteiger partial charge in [0.2, 0.25) is 5.91 Å². The molecule has 3 heterocycles. The molecule has 6 nitrogen and oxygen atoms in total. The lowest BCUT2D eigenvalue weighted by Gasteiger charge is -2.26. The number of carbonyl (C=O) groups is 3. The molecule has 0 saturated carbocycles. The highest BCUT2D eigenvalue weighted by Crippen LogP contribution is 2.22. The number of rotatable bonds is 5. The van der Waals surface area contributed by atoms with E-state index in [2.05, 4.69) is 5.32 Å². The van der Waals surface area contributed by atoms with Gasteiger partial charge in [-0.3, -0.25) is 14.4 Å². The van der Waals surface area contributed by atoms with E-state index in [0.717, 1.165) is 37.9 Å². The van der Waals surface area contributed by atoms with Gasteiger partial charge in [0.05, 0.1) is 4.88 Å². The van der Waals surface area contributed by atoms with Crippen molar-refractivity contribution < 1.29 is 14.4 Å². The van der Waals surface area contributed by atoms with Gasteiger partial charge in [0.25, 0.3) is 11.8 Å². The molecule has 1 aromatic carbocycles. The number of likely N-dealkylation sites (tertiary alicyclic amines) is 2. The third-order valence-corrected chi connectivity index (χ3v) is 6.72. The van der Waals surface area contributed by atoms with Gasteiger partial charge in [-0.25, -0.2) is 0 Å². The molecule has 2 aromatic rings. The second-order valence-electron chi connectivity index (χ2n) is 7.90. The Hall–Kier alpha value is -2.67. The first-order chi connectivity index (χ1) is 14.6. The standard InChI is InChI=1S/C23H27N3O3S/c27-21(19-6-4-14-26(19)23(29)20-7-5-15-30-20)24-16-17-8-10-18(11-9-17)22(28)25-12-2-1-3-13-25/h5,7-11,15,19H,1-4,6,12-14,16H2,(H,24,27)/t19-/m0/s1. The Morgan fingerprint density at radius 1 is 0.933 bits per heavy atom. The number of hydrogen-bond acceptors (Lipinski definition) is 4. The molecule has 1 aromatic heterocycles. The molecule has 0 unspecified atom stereocenters. The Morgan fingerprint density at radius 3 is 2.40 bits per heavy atom. The number of hydrogen-bond donors (Lipinski definition) is 1. The second-order valence-corrected chi connectivity index (χ2v) is 8.85. The van der Waals surface area contributed by atoms with Gasteiger partial charge >= 0.3 is 0 Å². The average molecular weight is 426 g/mol. The third kappa shape index (κ3) is 4.56. The molecule has 0 aliphatic carbocycles. The Balaban J connectivity index is 1.32. The third-order valence-electron chi connectivity index (χ3n) is 5.86. The number of nitrogens with zero attached hydrogens (tertiary/aromatic N) is 2. The van der Waals surface area contributed by atoms with Gasteiger partial charge in [0.1, 0.15) is 6.04 Å². The highest BCUT2D eigenvalue weighted by Gasteiger charge is 2.34. The zero-order chi connectivity index (χ0) is 20.9. The molecule has 0 spiro atoms. The first-order valence-electron chi connectivity index (χ1n) is 10.6. The molecule has 2 aliphatic rings. The number of nitrogens with one attached hydrogen (secondary N) is 1. The minimum absolute atomic E-state index is 0.0665. The zero-order valence-corrected chi connectivity index (χ0v) is 17.8. The molecule has 30 heavy (non-hydrogen) atoms. The largest absolute Gasteiger partial charge is 0.350 e. The van der Waals surface area contributed by atoms with E-state index in [-0.39, 0.29) is 17.7 Å². The number of benzene rings is 1. The van der Waals surface area contributed by atoms with Gasteiger partial charge in [-0.1, -0.05) is 18.2 Å². The molecular weight excluding hydrogens is 398 g/mol. The average Bonchev–Trinajstić information content (AvgIpc) is 3.50. The summed E-state index contributed by atoms with van der Waals surface area (Å²) >= 11 is 1.40. The lowest BCUT2D eigenvalue weighted by Crippen LogP contribution is -2.45. The minimum Gasteiger partial charge on any atom is -0.350 e. The maximum absolute atomic E-state index is 12.7. The van der Waals surface area contributed by atoms with Gasteiger partial charge in [0, 0.05) is 31.7 Å². The number of piperidine rings is 1. The molecule has 0 radical (unpaired) electrons. The van der Waals surface area contributed by atoms with Gasteiger partial charge in [-0.05, 0) is 61.2 Å². The predicted molar refractivity (Wildman–Crippen MR) is 116 cm³/mol. The van der Waals surface area contributed by atoms with E-state index in [1.54, 1.807) is 11.0 Å². The number of thiophene rings is 1. The predicted octanol–water partition coefficient (Wildman–Crippen LogP) is 3.30. The maximum Gasteiger partial charge on any atom is 0.264 e. The fourth-order valence-electron chi connectivity index (χ4n) is 4.18. The van der Waals surface area contributed by atoms with Crippen molar-refractivity contribution >= 4 is 29.1 Å². The van der Waals surface area contributed by atoms with Crippen LogP contribution in [0.5, 0.6) is 0 Å². The summed E-state index contributed by atoms with van der Waals surface area (Å²) < 4.78 is 0. The van der Waals surface area contributed by atoms with Crippen molar-refractivity contribution in [3.05, 3.63) is 57.8 Å². The first kappa shape index (κ1) is 20.6. The monoisotopic (exact) mass is 425 g/mol. The van der Waals surface area contributed by atoms with E-state index in [1.807, 2.05) is 40.6 Å². The van der Waals surface area contributed by atoms with Gasteiger partial charge in [-0.2, -0.15) is 0 Å². The molecule has 3 amide bonds. The van der Waals surface area contributed by atoms with Crippen molar-refractivity contribution in [3.8, 4) is 0 Å². The highest BCUT2D eigenvalue weighted by atomic mass is 32.1. The van der Waals surface area contributed by atoms with E-state index in [0.29, 0.717) is 30.0 Å². The van der Waals surface area contributed by atoms with Crippen LogP contribution in [0.2, 0.25) is 0 Å².